The molecule has 2 aliphatic carbocycles. The average molecular weight is 293 g/mol. The number of fused-ring (bicyclic) bond motifs is 1. The van der Waals surface area contributed by atoms with Crippen LogP contribution in [0.2, 0.25) is 0 Å². The van der Waals surface area contributed by atoms with Crippen molar-refractivity contribution in [2.45, 2.75) is 75.4 Å². The van der Waals surface area contributed by atoms with Crippen LogP contribution < -0.4 is 5.32 Å². The average Bonchev–Trinajstić information content (AvgIpc) is 2.42. The smallest absolute Gasteiger partial charge is 0.0330 e. The third-order valence-corrected chi connectivity index (χ3v) is 6.57. The fraction of sp³-hybridized carbons (Fsp3) is 1.00. The fourth-order valence-electron chi connectivity index (χ4n) is 4.99. The van der Waals surface area contributed by atoms with Gasteiger partial charge in [-0.05, 0) is 72.0 Å². The quantitative estimate of drug-likeness (QED) is 0.841. The van der Waals surface area contributed by atoms with Gasteiger partial charge < -0.3 is 15.1 Å². The third-order valence-electron chi connectivity index (χ3n) is 6.57. The van der Waals surface area contributed by atoms with Crippen LogP contribution in [0.15, 0.2) is 0 Å². The van der Waals surface area contributed by atoms with E-state index in [1.165, 1.54) is 70.9 Å². The second kappa shape index (κ2) is 6.55. The van der Waals surface area contributed by atoms with E-state index in [0.717, 1.165) is 18.0 Å². The molecule has 3 nitrogen and oxygen atoms in total. The summed E-state index contributed by atoms with van der Waals surface area (Å²) < 4.78 is 0. The maximum Gasteiger partial charge on any atom is 0.0330 e. The molecule has 1 saturated heterocycles. The summed E-state index contributed by atoms with van der Waals surface area (Å²) in [5, 5.41) is 3.98. The summed E-state index contributed by atoms with van der Waals surface area (Å²) in [5.74, 6) is 0.986. The maximum atomic E-state index is 3.98. The van der Waals surface area contributed by atoms with Crippen LogP contribution in [-0.2, 0) is 0 Å². The van der Waals surface area contributed by atoms with E-state index in [1.54, 1.807) is 0 Å². The van der Waals surface area contributed by atoms with Crippen LogP contribution in [0.4, 0.5) is 0 Å². The molecule has 3 aliphatic rings. The van der Waals surface area contributed by atoms with E-state index in [0.29, 0.717) is 5.54 Å². The summed E-state index contributed by atoms with van der Waals surface area (Å²) in [5.41, 5.74) is 0.469. The Hall–Kier alpha value is -0.120. The minimum atomic E-state index is 0.469. The molecule has 0 aromatic heterocycles. The summed E-state index contributed by atoms with van der Waals surface area (Å²) in [6.07, 6.45) is 12.9. The van der Waals surface area contributed by atoms with Crippen LogP contribution in [0.1, 0.15) is 57.8 Å². The summed E-state index contributed by atoms with van der Waals surface area (Å²) in [6, 6.07) is 1.56. The highest BCUT2D eigenvalue weighted by atomic mass is 15.2. The standard InChI is InChI=1S/C18H35N3/c1-20(2)18(11-6-12-18)14-21(3)13-16-10-9-15-7-4-5-8-17(15)19-16/h15-17,19H,4-14H2,1-3H3. The number of rotatable bonds is 5. The van der Waals surface area contributed by atoms with Crippen molar-refractivity contribution < 1.29 is 0 Å². The molecule has 2 saturated carbocycles. The van der Waals surface area contributed by atoms with Crippen LogP contribution in [0, 0.1) is 5.92 Å². The maximum absolute atomic E-state index is 3.98. The molecule has 0 spiro atoms. The Morgan fingerprint density at radius 2 is 1.71 bits per heavy atom. The van der Waals surface area contributed by atoms with E-state index < -0.39 is 0 Å². The molecule has 1 aliphatic heterocycles. The first-order valence-electron chi connectivity index (χ1n) is 9.21. The minimum Gasteiger partial charge on any atom is -0.310 e. The lowest BCUT2D eigenvalue weighted by atomic mass is 9.75. The van der Waals surface area contributed by atoms with Crippen LogP contribution in [0.3, 0.4) is 0 Å². The molecule has 21 heavy (non-hydrogen) atoms. The van der Waals surface area contributed by atoms with Crippen molar-refractivity contribution in [2.75, 3.05) is 34.2 Å². The Kier molecular flexibility index (Phi) is 4.92. The number of hydrogen-bond donors (Lipinski definition) is 1. The molecule has 0 bridgehead atoms. The van der Waals surface area contributed by atoms with Crippen molar-refractivity contribution in [3.05, 3.63) is 0 Å². The second-order valence-corrected chi connectivity index (χ2v) is 8.26. The zero-order chi connectivity index (χ0) is 14.9. The lowest BCUT2D eigenvalue weighted by Gasteiger charge is -2.50. The topological polar surface area (TPSA) is 18.5 Å². The predicted molar refractivity (Wildman–Crippen MR) is 89.7 cm³/mol. The number of nitrogens with one attached hydrogen (secondary N) is 1. The van der Waals surface area contributed by atoms with Gasteiger partial charge in [0.05, 0.1) is 0 Å². The molecule has 3 atom stereocenters. The largest absolute Gasteiger partial charge is 0.310 e. The molecule has 3 heteroatoms. The molecule has 0 aromatic carbocycles. The summed E-state index contributed by atoms with van der Waals surface area (Å²) in [7, 11) is 6.86. The predicted octanol–water partition coefficient (Wildman–Crippen LogP) is 2.71. The summed E-state index contributed by atoms with van der Waals surface area (Å²) in [6.45, 7) is 2.48. The number of likely N-dealkylation sites (N-methyl/N-ethyl adjacent to an activating group) is 2. The van der Waals surface area contributed by atoms with Gasteiger partial charge >= 0.3 is 0 Å². The van der Waals surface area contributed by atoms with Crippen molar-refractivity contribution >= 4 is 0 Å². The molecule has 3 rings (SSSR count). The van der Waals surface area contributed by atoms with Gasteiger partial charge in [0.1, 0.15) is 0 Å². The highest BCUT2D eigenvalue weighted by molar-refractivity contribution is 4.98. The van der Waals surface area contributed by atoms with E-state index in [4.69, 9.17) is 0 Å². The molecule has 3 unspecified atom stereocenters. The van der Waals surface area contributed by atoms with Crippen molar-refractivity contribution in [3.8, 4) is 0 Å². The Labute approximate surface area is 131 Å². The first-order chi connectivity index (χ1) is 10.1. The monoisotopic (exact) mass is 293 g/mol. The van der Waals surface area contributed by atoms with Gasteiger partial charge in [-0.2, -0.15) is 0 Å². The van der Waals surface area contributed by atoms with Crippen LogP contribution in [-0.4, -0.2) is 61.7 Å². The minimum absolute atomic E-state index is 0.469. The van der Waals surface area contributed by atoms with Gasteiger partial charge in [-0.1, -0.05) is 12.8 Å². The van der Waals surface area contributed by atoms with Gasteiger partial charge in [-0.3, -0.25) is 0 Å². The van der Waals surface area contributed by atoms with E-state index in [2.05, 4.69) is 36.3 Å². The molecule has 122 valence electrons. The third kappa shape index (κ3) is 3.46. The first-order valence-corrected chi connectivity index (χ1v) is 9.21. The van der Waals surface area contributed by atoms with Gasteiger partial charge in [0.15, 0.2) is 0 Å². The van der Waals surface area contributed by atoms with Crippen molar-refractivity contribution in [1.82, 2.24) is 15.1 Å². The zero-order valence-electron chi connectivity index (χ0n) is 14.4. The van der Waals surface area contributed by atoms with E-state index in [9.17, 15) is 0 Å². The Morgan fingerprint density at radius 3 is 2.38 bits per heavy atom. The van der Waals surface area contributed by atoms with E-state index in [-0.39, 0.29) is 0 Å². The van der Waals surface area contributed by atoms with Gasteiger partial charge in [0, 0.05) is 30.7 Å². The lowest BCUT2D eigenvalue weighted by Crippen LogP contribution is -2.59. The number of nitrogens with zero attached hydrogens (tertiary/aromatic N) is 2. The molecular formula is C18H35N3. The molecule has 3 fully saturated rings. The van der Waals surface area contributed by atoms with Crippen molar-refractivity contribution in [2.24, 2.45) is 5.92 Å². The van der Waals surface area contributed by atoms with Crippen LogP contribution in [0.5, 0.6) is 0 Å². The van der Waals surface area contributed by atoms with E-state index >= 15 is 0 Å². The Morgan fingerprint density at radius 1 is 0.952 bits per heavy atom. The zero-order valence-corrected chi connectivity index (χ0v) is 14.4. The number of hydrogen-bond acceptors (Lipinski definition) is 3. The van der Waals surface area contributed by atoms with Gasteiger partial charge in [0.2, 0.25) is 0 Å². The summed E-state index contributed by atoms with van der Waals surface area (Å²) in [4.78, 5) is 5.07. The first kappa shape index (κ1) is 15.8. The lowest BCUT2D eigenvalue weighted by molar-refractivity contribution is 0.0226. The van der Waals surface area contributed by atoms with Gasteiger partial charge in [0.25, 0.3) is 0 Å². The Balaban J connectivity index is 1.47. The molecule has 0 radical (unpaired) electrons. The van der Waals surface area contributed by atoms with Crippen molar-refractivity contribution in [3.63, 3.8) is 0 Å². The molecular weight excluding hydrogens is 258 g/mol. The second-order valence-electron chi connectivity index (χ2n) is 8.26. The Bertz CT molecular complexity index is 337. The SMILES string of the molecule is CN(CC1CCC2CCCCC2N1)CC1(N(C)C)CCC1. The van der Waals surface area contributed by atoms with Crippen LogP contribution >= 0.6 is 0 Å². The molecule has 0 amide bonds. The van der Waals surface area contributed by atoms with E-state index in [1.807, 2.05) is 0 Å². The molecule has 1 heterocycles. The highest BCUT2D eigenvalue weighted by Gasteiger charge is 2.40. The highest BCUT2D eigenvalue weighted by Crippen LogP contribution is 2.37. The van der Waals surface area contributed by atoms with Crippen LogP contribution in [0.25, 0.3) is 0 Å². The fourth-order valence-corrected chi connectivity index (χ4v) is 4.99. The normalized spacial score (nSPS) is 35.6. The van der Waals surface area contributed by atoms with Gasteiger partial charge in [-0.25, -0.2) is 0 Å². The molecule has 0 aromatic rings. The van der Waals surface area contributed by atoms with Crippen molar-refractivity contribution in [1.29, 1.82) is 0 Å². The van der Waals surface area contributed by atoms with Gasteiger partial charge in [-0.15, -0.1) is 0 Å². The number of piperidine rings is 1. The summed E-state index contributed by atoms with van der Waals surface area (Å²) >= 11 is 0. The molecule has 1 N–H and O–H groups in total.